The van der Waals surface area contributed by atoms with Gasteiger partial charge in [-0.3, -0.25) is 19.4 Å². The molecule has 5 nitrogen and oxygen atoms in total. The van der Waals surface area contributed by atoms with Gasteiger partial charge < -0.3 is 4.74 Å². The van der Waals surface area contributed by atoms with E-state index in [4.69, 9.17) is 16.3 Å². The summed E-state index contributed by atoms with van der Waals surface area (Å²) in [6.45, 7) is 4.57. The van der Waals surface area contributed by atoms with Crippen LogP contribution in [0.5, 0.6) is 0 Å². The van der Waals surface area contributed by atoms with Gasteiger partial charge in [0.1, 0.15) is 0 Å². The fraction of sp³-hybridized carbons (Fsp3) is 0.333. The van der Waals surface area contributed by atoms with Crippen molar-refractivity contribution in [1.82, 2.24) is 9.80 Å². The van der Waals surface area contributed by atoms with Crippen molar-refractivity contribution in [3.8, 4) is 0 Å². The molecule has 8 heteroatoms. The molecule has 0 saturated carbocycles. The molecule has 4 rings (SSSR count). The van der Waals surface area contributed by atoms with Crippen LogP contribution < -0.4 is 0 Å². The van der Waals surface area contributed by atoms with Crippen molar-refractivity contribution in [2.45, 2.75) is 11.3 Å². The lowest BCUT2D eigenvalue weighted by atomic mass is 10.2. The van der Waals surface area contributed by atoms with Crippen molar-refractivity contribution in [2.75, 3.05) is 39.4 Å². The highest BCUT2D eigenvalue weighted by Crippen LogP contribution is 2.41. The Kier molecular flexibility index (Phi) is 6.72. The number of halogens is 1. The van der Waals surface area contributed by atoms with Crippen molar-refractivity contribution in [3.63, 3.8) is 0 Å². The molecule has 0 bridgehead atoms. The molecule has 1 saturated heterocycles. The number of thiophene rings is 1. The molecule has 1 aromatic heterocycles. The molecule has 2 aliphatic heterocycles. The molecule has 0 aliphatic carbocycles. The van der Waals surface area contributed by atoms with Crippen molar-refractivity contribution in [2.24, 2.45) is 0 Å². The second-order valence-electron chi connectivity index (χ2n) is 6.81. The summed E-state index contributed by atoms with van der Waals surface area (Å²) in [5.74, 6) is -0.406. The smallest absolute Gasteiger partial charge is 0.268 e. The molecule has 2 amide bonds. The van der Waals surface area contributed by atoms with Gasteiger partial charge >= 0.3 is 0 Å². The average molecular weight is 449 g/mol. The molecular weight excluding hydrogens is 428 g/mol. The van der Waals surface area contributed by atoms with Gasteiger partial charge in [0.15, 0.2) is 0 Å². The number of carbonyl (C=O) groups is 2. The summed E-state index contributed by atoms with van der Waals surface area (Å²) in [5, 5.41) is 2.56. The molecule has 0 atom stereocenters. The average Bonchev–Trinajstić information content (AvgIpc) is 3.33. The van der Waals surface area contributed by atoms with E-state index in [-0.39, 0.29) is 11.8 Å². The Bertz CT molecular complexity index is 907. The molecule has 0 spiro atoms. The number of amides is 2. The largest absolute Gasteiger partial charge is 0.379 e. The molecule has 0 N–H and O–H groups in total. The lowest BCUT2D eigenvalue weighted by Crippen LogP contribution is -2.39. The van der Waals surface area contributed by atoms with Gasteiger partial charge in [0.25, 0.3) is 11.8 Å². The first-order valence-corrected chi connectivity index (χ1v) is 11.6. The monoisotopic (exact) mass is 448 g/mol. The van der Waals surface area contributed by atoms with Gasteiger partial charge in [0.2, 0.25) is 0 Å². The zero-order valence-corrected chi connectivity index (χ0v) is 18.2. The number of ether oxygens (including phenoxy) is 1. The highest BCUT2D eigenvalue weighted by atomic mass is 35.5. The number of benzene rings is 1. The fourth-order valence-corrected chi connectivity index (χ4v) is 5.35. The SMILES string of the molecule is O=C1C(Sc2ccc(Cl)cc2)=C(c2cccs2)C(=O)N1CCCN1CCOCC1. The quantitative estimate of drug-likeness (QED) is 0.599. The van der Waals surface area contributed by atoms with Crippen LogP contribution in [0.1, 0.15) is 11.3 Å². The number of thioether (sulfide) groups is 1. The lowest BCUT2D eigenvalue weighted by molar-refractivity contribution is -0.136. The molecule has 2 aromatic rings. The van der Waals surface area contributed by atoms with Gasteiger partial charge in [-0.05, 0) is 42.1 Å². The highest BCUT2D eigenvalue weighted by molar-refractivity contribution is 8.04. The van der Waals surface area contributed by atoms with E-state index in [1.807, 2.05) is 29.6 Å². The Morgan fingerprint density at radius 3 is 2.48 bits per heavy atom. The first kappa shape index (κ1) is 20.6. The molecule has 0 radical (unpaired) electrons. The van der Waals surface area contributed by atoms with E-state index in [9.17, 15) is 9.59 Å². The maximum absolute atomic E-state index is 13.1. The fourth-order valence-electron chi connectivity index (χ4n) is 3.39. The molecule has 3 heterocycles. The van der Waals surface area contributed by atoms with Crippen LogP contribution in [0.15, 0.2) is 51.6 Å². The van der Waals surface area contributed by atoms with E-state index < -0.39 is 0 Å². The van der Waals surface area contributed by atoms with Crippen molar-refractivity contribution in [3.05, 3.63) is 56.6 Å². The second-order valence-corrected chi connectivity index (χ2v) is 9.27. The molecular formula is C21H21ClN2O3S2. The molecule has 2 aliphatic rings. The predicted molar refractivity (Wildman–Crippen MR) is 117 cm³/mol. The van der Waals surface area contributed by atoms with Crippen LogP contribution >= 0.6 is 34.7 Å². The summed E-state index contributed by atoms with van der Waals surface area (Å²) in [6, 6.07) is 11.1. The molecule has 1 aromatic carbocycles. The van der Waals surface area contributed by atoms with Crippen LogP contribution in [-0.4, -0.2) is 61.0 Å². The van der Waals surface area contributed by atoms with Crippen LogP contribution in [0.4, 0.5) is 0 Å². The number of imide groups is 1. The summed E-state index contributed by atoms with van der Waals surface area (Å²) < 4.78 is 5.37. The van der Waals surface area contributed by atoms with Gasteiger partial charge in [-0.1, -0.05) is 29.4 Å². The maximum Gasteiger partial charge on any atom is 0.268 e. The molecule has 0 unspecified atom stereocenters. The van der Waals surface area contributed by atoms with Gasteiger partial charge in [-0.2, -0.15) is 0 Å². The van der Waals surface area contributed by atoms with Crippen molar-refractivity contribution < 1.29 is 14.3 Å². The third kappa shape index (κ3) is 4.75. The summed E-state index contributed by atoms with van der Waals surface area (Å²) in [4.78, 5) is 32.2. The first-order chi connectivity index (χ1) is 14.1. The van der Waals surface area contributed by atoms with Crippen molar-refractivity contribution >= 4 is 52.1 Å². The van der Waals surface area contributed by atoms with Crippen LogP contribution in [0.25, 0.3) is 5.57 Å². The zero-order valence-electron chi connectivity index (χ0n) is 15.8. The van der Waals surface area contributed by atoms with E-state index in [0.29, 0.717) is 22.0 Å². The number of rotatable bonds is 7. The third-order valence-corrected chi connectivity index (χ3v) is 7.12. The molecule has 29 heavy (non-hydrogen) atoms. The normalized spacial score (nSPS) is 18.2. The van der Waals surface area contributed by atoms with Crippen LogP contribution in [0.3, 0.4) is 0 Å². The minimum atomic E-state index is -0.208. The third-order valence-electron chi connectivity index (χ3n) is 4.89. The molecule has 152 valence electrons. The van der Waals surface area contributed by atoms with Crippen LogP contribution in [0.2, 0.25) is 5.02 Å². The van der Waals surface area contributed by atoms with E-state index in [1.165, 1.54) is 28.0 Å². The van der Waals surface area contributed by atoms with Crippen LogP contribution in [-0.2, 0) is 14.3 Å². The Labute approximate surface area is 183 Å². The zero-order chi connectivity index (χ0) is 20.2. The number of hydrogen-bond acceptors (Lipinski definition) is 6. The van der Waals surface area contributed by atoms with Gasteiger partial charge in [-0.15, -0.1) is 11.3 Å². The first-order valence-electron chi connectivity index (χ1n) is 9.51. The Morgan fingerprint density at radius 2 is 1.79 bits per heavy atom. The van der Waals surface area contributed by atoms with Gasteiger partial charge in [-0.25, -0.2) is 0 Å². The topological polar surface area (TPSA) is 49.9 Å². The predicted octanol–water partition coefficient (Wildman–Crippen LogP) is 4.00. The van der Waals surface area contributed by atoms with E-state index in [2.05, 4.69) is 4.90 Å². The Balaban J connectivity index is 1.50. The highest BCUT2D eigenvalue weighted by Gasteiger charge is 2.39. The summed E-state index contributed by atoms with van der Waals surface area (Å²) in [5.41, 5.74) is 0.510. The summed E-state index contributed by atoms with van der Waals surface area (Å²) >= 11 is 8.78. The minimum absolute atomic E-state index is 0.198. The number of hydrogen-bond donors (Lipinski definition) is 0. The van der Waals surface area contributed by atoms with E-state index >= 15 is 0 Å². The Hall–Kier alpha value is -1.64. The Morgan fingerprint density at radius 1 is 1.03 bits per heavy atom. The molecule has 1 fully saturated rings. The maximum atomic E-state index is 13.1. The van der Waals surface area contributed by atoms with Crippen LogP contribution in [0, 0.1) is 0 Å². The summed E-state index contributed by atoms with van der Waals surface area (Å²) in [6.07, 6.45) is 0.758. The standard InChI is InChI=1S/C21H21ClN2O3S2/c22-15-4-6-16(7-5-15)29-19-18(17-3-1-14-28-17)20(25)24(21(19)26)9-2-8-23-10-12-27-13-11-23/h1,3-7,14H,2,8-13H2. The summed E-state index contributed by atoms with van der Waals surface area (Å²) in [7, 11) is 0. The van der Waals surface area contributed by atoms with Gasteiger partial charge in [0.05, 0.1) is 23.7 Å². The van der Waals surface area contributed by atoms with Crippen molar-refractivity contribution in [1.29, 1.82) is 0 Å². The second kappa shape index (κ2) is 9.45. The number of nitrogens with zero attached hydrogens (tertiary/aromatic N) is 2. The number of carbonyl (C=O) groups excluding carboxylic acids is 2. The lowest BCUT2D eigenvalue weighted by Gasteiger charge is -2.27. The van der Waals surface area contributed by atoms with E-state index in [0.717, 1.165) is 49.0 Å². The minimum Gasteiger partial charge on any atom is -0.379 e. The number of morpholine rings is 1. The van der Waals surface area contributed by atoms with E-state index in [1.54, 1.807) is 12.1 Å². The van der Waals surface area contributed by atoms with Gasteiger partial charge in [0, 0.05) is 41.0 Å².